The first-order valence-corrected chi connectivity index (χ1v) is 9.01. The number of hydrogen-bond donors (Lipinski definition) is 1. The Labute approximate surface area is 155 Å². The quantitative estimate of drug-likeness (QED) is 0.631. The maximum Gasteiger partial charge on any atom is 0.267 e. The standard InChI is InChI=1S/C19H18ClNO3S/c1-11(2)24-13-6-4-12(5-7-13)21-19(22)18-17(20)15-9-8-14(23-3)10-16(15)25-18/h4-11H,1-3H3,(H,21,22). The molecule has 6 heteroatoms. The summed E-state index contributed by atoms with van der Waals surface area (Å²) in [4.78, 5) is 13.1. The maximum atomic E-state index is 12.6. The molecule has 0 aliphatic rings. The minimum absolute atomic E-state index is 0.106. The van der Waals surface area contributed by atoms with Crippen LogP contribution in [0.15, 0.2) is 42.5 Å². The van der Waals surface area contributed by atoms with Gasteiger partial charge in [-0.25, -0.2) is 0 Å². The third kappa shape index (κ3) is 3.89. The Morgan fingerprint density at radius 1 is 1.12 bits per heavy atom. The molecule has 130 valence electrons. The molecule has 0 aliphatic heterocycles. The molecule has 2 aromatic carbocycles. The molecule has 0 saturated carbocycles. The van der Waals surface area contributed by atoms with Crippen LogP contribution in [-0.4, -0.2) is 19.1 Å². The van der Waals surface area contributed by atoms with Crippen LogP contribution in [0.5, 0.6) is 11.5 Å². The number of hydrogen-bond acceptors (Lipinski definition) is 4. The van der Waals surface area contributed by atoms with E-state index in [2.05, 4.69) is 5.32 Å². The predicted molar refractivity (Wildman–Crippen MR) is 104 cm³/mol. The van der Waals surface area contributed by atoms with Crippen LogP contribution in [0.1, 0.15) is 23.5 Å². The van der Waals surface area contributed by atoms with Crippen LogP contribution in [0.25, 0.3) is 10.1 Å². The molecule has 1 aromatic heterocycles. The predicted octanol–water partition coefficient (Wildman–Crippen LogP) is 5.60. The highest BCUT2D eigenvalue weighted by molar-refractivity contribution is 7.21. The van der Waals surface area contributed by atoms with E-state index in [1.165, 1.54) is 11.3 Å². The largest absolute Gasteiger partial charge is 0.497 e. The lowest BCUT2D eigenvalue weighted by atomic mass is 10.2. The lowest BCUT2D eigenvalue weighted by molar-refractivity contribution is 0.103. The number of methoxy groups -OCH3 is 1. The zero-order valence-corrected chi connectivity index (χ0v) is 15.7. The fourth-order valence-corrected chi connectivity index (χ4v) is 3.84. The topological polar surface area (TPSA) is 47.6 Å². The molecule has 3 aromatic rings. The molecule has 1 N–H and O–H groups in total. The van der Waals surface area contributed by atoms with Gasteiger partial charge in [0, 0.05) is 15.8 Å². The number of fused-ring (bicyclic) bond motifs is 1. The molecule has 0 fully saturated rings. The molecule has 0 saturated heterocycles. The molecular formula is C19H18ClNO3S. The summed E-state index contributed by atoms with van der Waals surface area (Å²) in [6.07, 6.45) is 0.106. The Morgan fingerprint density at radius 2 is 1.80 bits per heavy atom. The van der Waals surface area contributed by atoms with E-state index in [1.807, 2.05) is 44.2 Å². The summed E-state index contributed by atoms with van der Waals surface area (Å²) in [6.45, 7) is 3.93. The number of halogens is 1. The monoisotopic (exact) mass is 375 g/mol. The number of benzene rings is 2. The summed E-state index contributed by atoms with van der Waals surface area (Å²) in [7, 11) is 1.61. The van der Waals surface area contributed by atoms with E-state index in [-0.39, 0.29) is 12.0 Å². The Hall–Kier alpha value is -2.24. The second kappa shape index (κ2) is 7.33. The molecule has 0 unspecified atom stereocenters. The lowest BCUT2D eigenvalue weighted by Gasteiger charge is -2.10. The van der Waals surface area contributed by atoms with Crippen molar-refractivity contribution in [1.82, 2.24) is 0 Å². The van der Waals surface area contributed by atoms with Gasteiger partial charge in [-0.15, -0.1) is 11.3 Å². The van der Waals surface area contributed by atoms with Gasteiger partial charge in [-0.2, -0.15) is 0 Å². The van der Waals surface area contributed by atoms with Gasteiger partial charge in [0.05, 0.1) is 18.2 Å². The second-order valence-corrected chi connectivity index (χ2v) is 7.18. The van der Waals surface area contributed by atoms with Gasteiger partial charge in [0.1, 0.15) is 16.4 Å². The van der Waals surface area contributed by atoms with E-state index in [4.69, 9.17) is 21.1 Å². The van der Waals surface area contributed by atoms with Crippen molar-refractivity contribution in [3.8, 4) is 11.5 Å². The summed E-state index contributed by atoms with van der Waals surface area (Å²) >= 11 is 7.73. The fourth-order valence-electron chi connectivity index (χ4n) is 2.40. The highest BCUT2D eigenvalue weighted by Crippen LogP contribution is 2.37. The number of nitrogens with one attached hydrogen (secondary N) is 1. The van der Waals surface area contributed by atoms with Crippen molar-refractivity contribution in [2.75, 3.05) is 12.4 Å². The minimum atomic E-state index is -0.234. The first-order valence-electron chi connectivity index (χ1n) is 7.82. The van der Waals surface area contributed by atoms with Crippen molar-refractivity contribution in [3.05, 3.63) is 52.4 Å². The summed E-state index contributed by atoms with van der Waals surface area (Å²) in [6, 6.07) is 12.8. The number of amides is 1. The van der Waals surface area contributed by atoms with E-state index in [0.29, 0.717) is 15.6 Å². The van der Waals surface area contributed by atoms with Gasteiger partial charge in [-0.3, -0.25) is 4.79 Å². The number of carbonyl (C=O) groups excluding carboxylic acids is 1. The molecule has 0 atom stereocenters. The number of rotatable bonds is 5. The number of thiophene rings is 1. The first-order chi connectivity index (χ1) is 12.0. The van der Waals surface area contributed by atoms with Gasteiger partial charge in [0.2, 0.25) is 0 Å². The van der Waals surface area contributed by atoms with Gasteiger partial charge < -0.3 is 14.8 Å². The van der Waals surface area contributed by atoms with Crippen molar-refractivity contribution in [2.24, 2.45) is 0 Å². The summed E-state index contributed by atoms with van der Waals surface area (Å²) in [5, 5.41) is 4.17. The molecular weight excluding hydrogens is 358 g/mol. The van der Waals surface area contributed by atoms with Crippen LogP contribution in [-0.2, 0) is 0 Å². The van der Waals surface area contributed by atoms with Gasteiger partial charge in [-0.1, -0.05) is 11.6 Å². The first kappa shape index (κ1) is 17.6. The molecule has 0 aliphatic carbocycles. The molecule has 4 nitrogen and oxygen atoms in total. The third-order valence-electron chi connectivity index (χ3n) is 3.53. The van der Waals surface area contributed by atoms with Crippen LogP contribution in [0.2, 0.25) is 5.02 Å². The Bertz CT molecular complexity index is 903. The lowest BCUT2D eigenvalue weighted by Crippen LogP contribution is -2.10. The van der Waals surface area contributed by atoms with Crippen molar-refractivity contribution >= 4 is 44.6 Å². The Balaban J connectivity index is 1.81. The van der Waals surface area contributed by atoms with Gasteiger partial charge in [-0.05, 0) is 56.3 Å². The van der Waals surface area contributed by atoms with Gasteiger partial charge >= 0.3 is 0 Å². The van der Waals surface area contributed by atoms with Crippen molar-refractivity contribution in [2.45, 2.75) is 20.0 Å². The smallest absolute Gasteiger partial charge is 0.267 e. The van der Waals surface area contributed by atoms with E-state index in [1.54, 1.807) is 19.2 Å². The normalized spacial score (nSPS) is 10.9. The molecule has 1 amide bonds. The zero-order chi connectivity index (χ0) is 18.0. The van der Waals surface area contributed by atoms with Crippen LogP contribution in [0.4, 0.5) is 5.69 Å². The highest BCUT2D eigenvalue weighted by Gasteiger charge is 2.17. The van der Waals surface area contributed by atoms with Crippen LogP contribution in [0, 0.1) is 0 Å². The van der Waals surface area contributed by atoms with Crippen LogP contribution >= 0.6 is 22.9 Å². The SMILES string of the molecule is COc1ccc2c(Cl)c(C(=O)Nc3ccc(OC(C)C)cc3)sc2c1. The van der Waals surface area contributed by atoms with E-state index >= 15 is 0 Å². The van der Waals surface area contributed by atoms with E-state index in [0.717, 1.165) is 21.6 Å². The minimum Gasteiger partial charge on any atom is -0.497 e. The molecule has 0 bridgehead atoms. The van der Waals surface area contributed by atoms with Crippen LogP contribution < -0.4 is 14.8 Å². The van der Waals surface area contributed by atoms with E-state index in [9.17, 15) is 4.79 Å². The Morgan fingerprint density at radius 3 is 2.44 bits per heavy atom. The van der Waals surface area contributed by atoms with Crippen LogP contribution in [0.3, 0.4) is 0 Å². The Kier molecular flexibility index (Phi) is 5.16. The molecule has 3 rings (SSSR count). The van der Waals surface area contributed by atoms with Crippen molar-refractivity contribution < 1.29 is 14.3 Å². The van der Waals surface area contributed by atoms with Gasteiger partial charge in [0.25, 0.3) is 5.91 Å². The molecule has 0 radical (unpaired) electrons. The highest BCUT2D eigenvalue weighted by atomic mass is 35.5. The average molecular weight is 376 g/mol. The molecule has 1 heterocycles. The summed E-state index contributed by atoms with van der Waals surface area (Å²) < 4.78 is 11.7. The average Bonchev–Trinajstić information content (AvgIpc) is 2.92. The third-order valence-corrected chi connectivity index (χ3v) is 5.18. The maximum absolute atomic E-state index is 12.6. The summed E-state index contributed by atoms with van der Waals surface area (Å²) in [5.41, 5.74) is 0.687. The van der Waals surface area contributed by atoms with Crippen molar-refractivity contribution in [3.63, 3.8) is 0 Å². The number of anilines is 1. The van der Waals surface area contributed by atoms with Gasteiger partial charge in [0.15, 0.2) is 0 Å². The summed E-state index contributed by atoms with van der Waals surface area (Å²) in [5.74, 6) is 1.26. The molecule has 25 heavy (non-hydrogen) atoms. The molecule has 0 spiro atoms. The zero-order valence-electron chi connectivity index (χ0n) is 14.1. The van der Waals surface area contributed by atoms with E-state index < -0.39 is 0 Å². The second-order valence-electron chi connectivity index (χ2n) is 5.75. The number of carbonyl (C=O) groups is 1. The fraction of sp³-hybridized carbons (Fsp3) is 0.211. The van der Waals surface area contributed by atoms with Crippen molar-refractivity contribution in [1.29, 1.82) is 0 Å². The number of ether oxygens (including phenoxy) is 2.